The standard InChI is InChI=1S/C57H72FN13O7S/c1-34-17-22-40-41(30-34)36(3)78-54-51(59)63-31-42(64-54)48-43(32-68(6)56(40)76)67-71(52(48)61-5)29-25-62-46(72)15-11-9-7-8-10-12-16-47(73)69-27-23-37(24-28-69)49(66-53(75)35(2)60-4)57(77)70-26-13-14-45(70)55-65-44(33-79-55)50(74)38-18-20-39(58)21-19-38/h17-22,30-31,35-37,44-45,49,60H,7-16,23-29,32-33H2,1-4,6H3,(H2,59,63)(H,62,72)(H,66,75)/t35-,36+,44?,45-,49-/m0/s1. The summed E-state index contributed by atoms with van der Waals surface area (Å²) in [5.74, 6) is -0.744. The molecule has 8 rings (SSSR count). The number of carbonyl (C=O) groups excluding carboxylic acids is 6. The molecule has 2 aromatic carbocycles. The smallest absolute Gasteiger partial charge is 0.262 e. The molecule has 4 aliphatic rings. The number of aliphatic imine (C=N–C) groups is 1. The minimum atomic E-state index is -0.782. The predicted molar refractivity (Wildman–Crippen MR) is 299 cm³/mol. The second-order valence-electron chi connectivity index (χ2n) is 21.0. The molecule has 0 aliphatic carbocycles. The quantitative estimate of drug-likeness (QED) is 0.0415. The van der Waals surface area contributed by atoms with Crippen LogP contribution >= 0.6 is 11.8 Å². The number of aromatic nitrogens is 4. The van der Waals surface area contributed by atoms with E-state index in [1.165, 1.54) is 46.9 Å². The van der Waals surface area contributed by atoms with E-state index in [0.717, 1.165) is 49.1 Å². The number of ketones is 1. The lowest BCUT2D eigenvalue weighted by Gasteiger charge is -2.38. The number of hydrogen-bond donors (Lipinski definition) is 4. The molecule has 0 saturated carbocycles. The summed E-state index contributed by atoms with van der Waals surface area (Å²) in [6, 6.07) is 8.76. The molecule has 5 atom stereocenters. The fourth-order valence-electron chi connectivity index (χ4n) is 10.7. The van der Waals surface area contributed by atoms with Gasteiger partial charge < -0.3 is 46.0 Å². The highest BCUT2D eigenvalue weighted by Gasteiger charge is 2.43. The zero-order valence-corrected chi connectivity index (χ0v) is 46.6. The summed E-state index contributed by atoms with van der Waals surface area (Å²) in [5.41, 5.74) is 9.86. The summed E-state index contributed by atoms with van der Waals surface area (Å²) >= 11 is 1.47. The van der Waals surface area contributed by atoms with Gasteiger partial charge in [-0.05, 0) is 103 Å². The van der Waals surface area contributed by atoms with Gasteiger partial charge in [-0.15, -0.1) is 16.9 Å². The molecule has 420 valence electrons. The maximum Gasteiger partial charge on any atom is 0.262 e. The van der Waals surface area contributed by atoms with Gasteiger partial charge in [-0.25, -0.2) is 14.4 Å². The molecule has 0 spiro atoms. The molecule has 1 unspecified atom stereocenters. The minimum Gasteiger partial charge on any atom is -0.467 e. The Bertz CT molecular complexity index is 2970. The van der Waals surface area contributed by atoms with Gasteiger partial charge in [0.05, 0.1) is 47.7 Å². The highest BCUT2D eigenvalue weighted by atomic mass is 32.2. The Morgan fingerprint density at radius 3 is 2.43 bits per heavy atom. The van der Waals surface area contributed by atoms with Crippen molar-refractivity contribution in [2.45, 2.75) is 141 Å². The van der Waals surface area contributed by atoms with Gasteiger partial charge in [0.25, 0.3) is 17.6 Å². The fourth-order valence-corrected chi connectivity index (χ4v) is 11.9. The number of fused-ring (bicyclic) bond motifs is 5. The third-order valence-corrected chi connectivity index (χ3v) is 16.5. The first-order valence-corrected chi connectivity index (χ1v) is 28.5. The highest BCUT2D eigenvalue weighted by molar-refractivity contribution is 8.14. The number of piperidine rings is 1. The van der Waals surface area contributed by atoms with Crippen molar-refractivity contribution in [1.82, 2.24) is 50.4 Å². The van der Waals surface area contributed by atoms with Gasteiger partial charge in [-0.2, -0.15) is 4.68 Å². The van der Waals surface area contributed by atoms with E-state index in [2.05, 4.69) is 30.8 Å². The molecule has 20 nitrogen and oxygen atoms in total. The van der Waals surface area contributed by atoms with Crippen molar-refractivity contribution in [3.05, 3.63) is 93.8 Å². The number of aryl methyl sites for hydroxylation is 1. The monoisotopic (exact) mass is 1100 g/mol. The van der Waals surface area contributed by atoms with E-state index in [4.69, 9.17) is 27.1 Å². The van der Waals surface area contributed by atoms with Crippen molar-refractivity contribution in [3.63, 3.8) is 0 Å². The van der Waals surface area contributed by atoms with Crippen LogP contribution in [0.1, 0.15) is 135 Å². The number of Topliss-reactive ketones (excluding diaryl/α,β-unsaturated/α-hetero) is 1. The SMILES string of the molecule is [C-]#[N+]c1c2c(nn1CCNC(=O)CCCCCCCCC(=O)N1CCC([C@H](NC(=O)[C@H](C)NC)C(=O)N3CCC[C@H]3C3=NC(C(=O)c4ccc(F)cc4)CS3)CC1)CN(C)C(=O)c1ccc(C)cc1[C@@H](C)Oc1nc-2cnc1N. The fraction of sp³-hybridized carbons (Fsp3) is 0.526. The zero-order chi connectivity index (χ0) is 56.3. The molecule has 2 saturated heterocycles. The molecule has 5 N–H and O–H groups in total. The lowest BCUT2D eigenvalue weighted by molar-refractivity contribution is -0.139. The third kappa shape index (κ3) is 14.0. The van der Waals surface area contributed by atoms with Crippen LogP contribution in [-0.2, 0) is 32.3 Å². The van der Waals surface area contributed by atoms with Crippen LogP contribution in [0, 0.1) is 25.2 Å². The molecule has 22 heteroatoms. The van der Waals surface area contributed by atoms with Gasteiger partial charge in [0.1, 0.15) is 36.2 Å². The van der Waals surface area contributed by atoms with Crippen molar-refractivity contribution in [1.29, 1.82) is 0 Å². The second kappa shape index (κ2) is 26.6. The van der Waals surface area contributed by atoms with Crippen molar-refractivity contribution >= 4 is 63.8 Å². The molecule has 4 aliphatic heterocycles. The first kappa shape index (κ1) is 57.9. The topological polar surface area (TPSA) is 244 Å². The number of benzene rings is 2. The Hall–Kier alpha value is -7.25. The van der Waals surface area contributed by atoms with E-state index in [-0.39, 0.29) is 84.4 Å². The summed E-state index contributed by atoms with van der Waals surface area (Å²) in [7, 11) is 3.37. The Kier molecular flexibility index (Phi) is 19.5. The van der Waals surface area contributed by atoms with Gasteiger partial charge in [0.2, 0.25) is 23.6 Å². The molecule has 5 amide bonds. The number of halogens is 1. The summed E-state index contributed by atoms with van der Waals surface area (Å²) in [5, 5.41) is 14.5. The number of nitrogens with one attached hydrogen (secondary N) is 3. The normalized spacial score (nSPS) is 19.2. The number of likely N-dealkylation sites (N-methyl/N-ethyl adjacent to an activating group) is 1. The number of amides is 5. The first-order chi connectivity index (χ1) is 38.0. The average Bonchev–Trinajstić information content (AvgIpc) is 4.45. The van der Waals surface area contributed by atoms with E-state index in [1.54, 1.807) is 36.9 Å². The van der Waals surface area contributed by atoms with Gasteiger partial charge in [-0.3, -0.25) is 33.8 Å². The number of carbonyl (C=O) groups is 6. The number of unbranched alkanes of at least 4 members (excludes halogenated alkanes) is 5. The van der Waals surface area contributed by atoms with Gasteiger partial charge in [-0.1, -0.05) is 50.0 Å². The number of nitrogens with two attached hydrogens (primary N) is 1. The van der Waals surface area contributed by atoms with Crippen LogP contribution in [0.2, 0.25) is 0 Å². The maximum absolute atomic E-state index is 14.5. The van der Waals surface area contributed by atoms with E-state index < -0.39 is 30.0 Å². The zero-order valence-electron chi connectivity index (χ0n) is 45.8. The van der Waals surface area contributed by atoms with Crippen molar-refractivity contribution in [3.8, 4) is 17.1 Å². The van der Waals surface area contributed by atoms with Crippen molar-refractivity contribution < 1.29 is 37.9 Å². The summed E-state index contributed by atoms with van der Waals surface area (Å²) < 4.78 is 21.3. The van der Waals surface area contributed by atoms with Crippen LogP contribution in [0.25, 0.3) is 16.1 Å². The number of hydrogen-bond acceptors (Lipinski definition) is 14. The molecular weight excluding hydrogens is 1030 g/mol. The lowest BCUT2D eigenvalue weighted by atomic mass is 9.87. The van der Waals surface area contributed by atoms with E-state index in [1.807, 2.05) is 30.9 Å². The van der Waals surface area contributed by atoms with Gasteiger partial charge in [0.15, 0.2) is 11.6 Å². The Labute approximate surface area is 465 Å². The van der Waals surface area contributed by atoms with Crippen LogP contribution in [0.3, 0.4) is 0 Å². The first-order valence-electron chi connectivity index (χ1n) is 27.5. The molecule has 2 aromatic heterocycles. The van der Waals surface area contributed by atoms with Crippen LogP contribution in [0.5, 0.6) is 5.88 Å². The number of ether oxygens (including phenoxy) is 1. The molecule has 2 bridgehead atoms. The van der Waals surface area contributed by atoms with Crippen molar-refractivity contribution in [2.75, 3.05) is 51.8 Å². The van der Waals surface area contributed by atoms with Gasteiger partial charge >= 0.3 is 0 Å². The minimum absolute atomic E-state index is 0.0665. The largest absolute Gasteiger partial charge is 0.467 e. The number of nitrogen functional groups attached to an aromatic ring is 1. The maximum atomic E-state index is 14.5. The molecule has 79 heavy (non-hydrogen) atoms. The number of nitrogens with zero attached hydrogens (tertiary/aromatic N) is 9. The summed E-state index contributed by atoms with van der Waals surface area (Å²) in [6.07, 6.45) is 9.27. The van der Waals surface area contributed by atoms with Gasteiger partial charge in [0, 0.05) is 62.0 Å². The van der Waals surface area contributed by atoms with E-state index in [9.17, 15) is 33.2 Å². The molecule has 0 radical (unpaired) electrons. The highest BCUT2D eigenvalue weighted by Crippen LogP contribution is 2.38. The number of likely N-dealkylation sites (tertiary alicyclic amines) is 2. The molecule has 2 fully saturated rings. The second-order valence-corrected chi connectivity index (χ2v) is 22.0. The number of thioether (sulfide) groups is 1. The van der Waals surface area contributed by atoms with E-state index in [0.29, 0.717) is 97.6 Å². The van der Waals surface area contributed by atoms with E-state index >= 15 is 0 Å². The number of rotatable bonds is 20. The summed E-state index contributed by atoms with van der Waals surface area (Å²) in [6.45, 7) is 15.6. The van der Waals surface area contributed by atoms with Crippen LogP contribution in [0.15, 0.2) is 53.7 Å². The van der Waals surface area contributed by atoms with Crippen LogP contribution < -0.4 is 26.4 Å². The molecule has 6 heterocycles. The Balaban J connectivity index is 0.758. The summed E-state index contributed by atoms with van der Waals surface area (Å²) in [4.78, 5) is 104. The van der Waals surface area contributed by atoms with Crippen LogP contribution in [0.4, 0.5) is 16.0 Å². The average molecular weight is 1100 g/mol. The lowest BCUT2D eigenvalue weighted by Crippen LogP contribution is -2.58. The number of anilines is 1. The molecule has 4 aromatic rings. The predicted octanol–water partition coefficient (Wildman–Crippen LogP) is 6.60. The van der Waals surface area contributed by atoms with Crippen molar-refractivity contribution in [2.24, 2.45) is 10.9 Å². The van der Waals surface area contributed by atoms with Crippen LogP contribution in [-0.4, -0.2) is 145 Å². The Morgan fingerprint density at radius 2 is 1.71 bits per heavy atom. The third-order valence-electron chi connectivity index (χ3n) is 15.4. The molecular formula is C57H72FN13O7S. The Morgan fingerprint density at radius 1 is 0.987 bits per heavy atom.